The van der Waals surface area contributed by atoms with Gasteiger partial charge in [-0.2, -0.15) is 0 Å². The van der Waals surface area contributed by atoms with Crippen molar-refractivity contribution >= 4 is 40.6 Å². The van der Waals surface area contributed by atoms with Crippen molar-refractivity contribution in [3.63, 3.8) is 0 Å². The van der Waals surface area contributed by atoms with E-state index in [0.29, 0.717) is 16.3 Å². The Hall–Kier alpha value is -2.30. The van der Waals surface area contributed by atoms with E-state index in [-0.39, 0.29) is 17.2 Å². The van der Waals surface area contributed by atoms with Gasteiger partial charge in [0.1, 0.15) is 10.8 Å². The molecule has 6 heteroatoms. The zero-order valence-corrected chi connectivity index (χ0v) is 14.3. The summed E-state index contributed by atoms with van der Waals surface area (Å²) >= 11 is 12.0. The standard InChI is InChI=1S/C18H13Cl2NO3/c1-24-14-8-2-11(3-9-14)10-21-17(22)15(16(20)18(21)23)12-4-6-13(19)7-5-12/h2-9H,10H2,1H3. The van der Waals surface area contributed by atoms with Crippen LogP contribution in [0, 0.1) is 0 Å². The molecule has 24 heavy (non-hydrogen) atoms. The fourth-order valence-electron chi connectivity index (χ4n) is 2.47. The first kappa shape index (κ1) is 16.6. The highest BCUT2D eigenvalue weighted by Gasteiger charge is 2.38. The van der Waals surface area contributed by atoms with E-state index >= 15 is 0 Å². The molecular weight excluding hydrogens is 349 g/mol. The van der Waals surface area contributed by atoms with Crippen molar-refractivity contribution in [3.05, 3.63) is 69.7 Å². The molecule has 0 saturated heterocycles. The molecule has 0 aliphatic carbocycles. The molecule has 122 valence electrons. The highest BCUT2D eigenvalue weighted by molar-refractivity contribution is 6.55. The number of halogens is 2. The van der Waals surface area contributed by atoms with Crippen molar-refractivity contribution in [1.82, 2.24) is 4.90 Å². The molecule has 4 nitrogen and oxygen atoms in total. The first-order valence-corrected chi connectivity index (χ1v) is 7.91. The first-order valence-electron chi connectivity index (χ1n) is 7.16. The van der Waals surface area contributed by atoms with Crippen LogP contribution in [-0.2, 0) is 16.1 Å². The number of rotatable bonds is 4. The van der Waals surface area contributed by atoms with Crippen molar-refractivity contribution in [2.75, 3.05) is 7.11 Å². The highest BCUT2D eigenvalue weighted by Crippen LogP contribution is 2.33. The van der Waals surface area contributed by atoms with Gasteiger partial charge in [0.2, 0.25) is 0 Å². The van der Waals surface area contributed by atoms with Crippen LogP contribution < -0.4 is 4.74 Å². The fourth-order valence-corrected chi connectivity index (χ4v) is 2.89. The van der Waals surface area contributed by atoms with Gasteiger partial charge in [-0.3, -0.25) is 14.5 Å². The number of nitrogens with zero attached hydrogens (tertiary/aromatic N) is 1. The van der Waals surface area contributed by atoms with Crippen molar-refractivity contribution < 1.29 is 14.3 Å². The van der Waals surface area contributed by atoms with Crippen LogP contribution >= 0.6 is 23.2 Å². The normalized spacial score (nSPS) is 14.5. The summed E-state index contributed by atoms with van der Waals surface area (Å²) in [5.74, 6) is -0.207. The summed E-state index contributed by atoms with van der Waals surface area (Å²) in [4.78, 5) is 26.1. The fraction of sp³-hybridized carbons (Fsp3) is 0.111. The molecule has 0 radical (unpaired) electrons. The zero-order chi connectivity index (χ0) is 17.3. The van der Waals surface area contributed by atoms with Crippen molar-refractivity contribution in [2.45, 2.75) is 6.54 Å². The second-order valence-corrected chi connectivity index (χ2v) is 6.05. The zero-order valence-electron chi connectivity index (χ0n) is 12.8. The van der Waals surface area contributed by atoms with Crippen LogP contribution in [-0.4, -0.2) is 23.8 Å². The van der Waals surface area contributed by atoms with Gasteiger partial charge >= 0.3 is 0 Å². The Balaban J connectivity index is 1.86. The van der Waals surface area contributed by atoms with Crippen molar-refractivity contribution in [2.24, 2.45) is 0 Å². The maximum absolute atomic E-state index is 12.6. The van der Waals surface area contributed by atoms with Gasteiger partial charge in [0.05, 0.1) is 19.2 Å². The molecule has 2 aromatic carbocycles. The third-order valence-electron chi connectivity index (χ3n) is 3.74. The van der Waals surface area contributed by atoms with Crippen molar-refractivity contribution in [1.29, 1.82) is 0 Å². The van der Waals surface area contributed by atoms with Gasteiger partial charge in [0, 0.05) is 5.02 Å². The van der Waals surface area contributed by atoms with Gasteiger partial charge < -0.3 is 4.74 Å². The predicted molar refractivity (Wildman–Crippen MR) is 92.8 cm³/mol. The second kappa shape index (κ2) is 6.67. The van der Waals surface area contributed by atoms with Crippen LogP contribution in [0.3, 0.4) is 0 Å². The number of ether oxygens (including phenoxy) is 1. The van der Waals surface area contributed by atoms with Crippen molar-refractivity contribution in [3.8, 4) is 5.75 Å². The summed E-state index contributed by atoms with van der Waals surface area (Å²) in [5.41, 5.74) is 1.58. The average Bonchev–Trinajstić information content (AvgIpc) is 2.80. The Kier molecular flexibility index (Phi) is 4.60. The van der Waals surface area contributed by atoms with Gasteiger partial charge in [-0.05, 0) is 35.4 Å². The van der Waals surface area contributed by atoms with Crippen LogP contribution in [0.15, 0.2) is 53.6 Å². The van der Waals surface area contributed by atoms with Crippen LogP contribution in [0.25, 0.3) is 5.57 Å². The number of methoxy groups -OCH3 is 1. The van der Waals surface area contributed by atoms with E-state index in [9.17, 15) is 9.59 Å². The molecule has 0 fully saturated rings. The SMILES string of the molecule is COc1ccc(CN2C(=O)C(Cl)=C(c3ccc(Cl)cc3)C2=O)cc1. The van der Waals surface area contributed by atoms with Crippen LogP contribution in [0.2, 0.25) is 5.02 Å². The molecule has 3 rings (SSSR count). The number of carbonyl (C=O) groups is 2. The minimum atomic E-state index is -0.498. The smallest absolute Gasteiger partial charge is 0.273 e. The third-order valence-corrected chi connectivity index (χ3v) is 4.35. The summed E-state index contributed by atoms with van der Waals surface area (Å²) in [6.07, 6.45) is 0. The van der Waals surface area contributed by atoms with E-state index in [1.807, 2.05) is 0 Å². The molecule has 1 heterocycles. The number of hydrogen-bond acceptors (Lipinski definition) is 3. The summed E-state index contributed by atoms with van der Waals surface area (Å²) in [6, 6.07) is 13.8. The van der Waals surface area contributed by atoms with E-state index < -0.39 is 11.8 Å². The number of benzene rings is 2. The molecule has 0 saturated carbocycles. The van der Waals surface area contributed by atoms with Crippen LogP contribution in [0.4, 0.5) is 0 Å². The Morgan fingerprint density at radius 3 is 2.12 bits per heavy atom. The Morgan fingerprint density at radius 1 is 0.917 bits per heavy atom. The summed E-state index contributed by atoms with van der Waals surface area (Å²) < 4.78 is 5.10. The van der Waals surface area contributed by atoms with E-state index in [2.05, 4.69) is 0 Å². The van der Waals surface area contributed by atoms with Crippen LogP contribution in [0.1, 0.15) is 11.1 Å². The number of hydrogen-bond donors (Lipinski definition) is 0. The molecule has 2 aromatic rings. The van der Waals surface area contributed by atoms with E-state index in [1.54, 1.807) is 55.6 Å². The molecule has 1 aliphatic heterocycles. The highest BCUT2D eigenvalue weighted by atomic mass is 35.5. The summed E-state index contributed by atoms with van der Waals surface area (Å²) in [7, 11) is 1.57. The summed E-state index contributed by atoms with van der Waals surface area (Å²) in [5, 5.41) is 0.471. The lowest BCUT2D eigenvalue weighted by molar-refractivity contribution is -0.137. The predicted octanol–water partition coefficient (Wildman–Crippen LogP) is 3.87. The molecule has 0 atom stereocenters. The lowest BCUT2D eigenvalue weighted by atomic mass is 10.1. The quantitative estimate of drug-likeness (QED) is 0.776. The molecule has 0 bridgehead atoms. The molecule has 0 N–H and O–H groups in total. The minimum absolute atomic E-state index is 0.0733. The Morgan fingerprint density at radius 2 is 1.54 bits per heavy atom. The number of carbonyl (C=O) groups excluding carboxylic acids is 2. The Bertz CT molecular complexity index is 826. The van der Waals surface area contributed by atoms with Gasteiger partial charge in [0.15, 0.2) is 0 Å². The lowest BCUT2D eigenvalue weighted by Gasteiger charge is -2.15. The molecule has 0 aromatic heterocycles. The Labute approximate surface area is 149 Å². The minimum Gasteiger partial charge on any atom is -0.497 e. The van der Waals surface area contributed by atoms with Gasteiger partial charge in [-0.15, -0.1) is 0 Å². The van der Waals surface area contributed by atoms with Gasteiger partial charge in [-0.1, -0.05) is 47.5 Å². The monoisotopic (exact) mass is 361 g/mol. The van der Waals surface area contributed by atoms with E-state index in [1.165, 1.54) is 0 Å². The molecule has 2 amide bonds. The van der Waals surface area contributed by atoms with E-state index in [0.717, 1.165) is 10.5 Å². The largest absolute Gasteiger partial charge is 0.497 e. The van der Waals surface area contributed by atoms with Gasteiger partial charge in [-0.25, -0.2) is 0 Å². The molecule has 0 unspecified atom stereocenters. The first-order chi connectivity index (χ1) is 11.5. The van der Waals surface area contributed by atoms with E-state index in [4.69, 9.17) is 27.9 Å². The lowest BCUT2D eigenvalue weighted by Crippen LogP contribution is -2.30. The summed E-state index contributed by atoms with van der Waals surface area (Å²) in [6.45, 7) is 0.148. The molecule has 0 spiro atoms. The third kappa shape index (κ3) is 3.03. The molecule has 1 aliphatic rings. The molecular formula is C18H13Cl2NO3. The topological polar surface area (TPSA) is 46.6 Å². The average molecular weight is 362 g/mol. The number of imide groups is 1. The maximum atomic E-state index is 12.6. The van der Waals surface area contributed by atoms with Crippen LogP contribution in [0.5, 0.6) is 5.75 Å². The maximum Gasteiger partial charge on any atom is 0.273 e. The second-order valence-electron chi connectivity index (χ2n) is 5.24. The number of amides is 2. The van der Waals surface area contributed by atoms with Gasteiger partial charge in [0.25, 0.3) is 11.8 Å².